The van der Waals surface area contributed by atoms with Crippen LogP contribution in [0.15, 0.2) is 11.6 Å². The van der Waals surface area contributed by atoms with Crippen LogP contribution >= 0.6 is 0 Å². The van der Waals surface area contributed by atoms with Gasteiger partial charge in [-0.1, -0.05) is 6.08 Å². The van der Waals surface area contributed by atoms with E-state index in [9.17, 15) is 0 Å². The lowest BCUT2D eigenvalue weighted by Gasteiger charge is -1.90. The summed E-state index contributed by atoms with van der Waals surface area (Å²) in [6.45, 7) is 3.48. The minimum atomic E-state index is 0.447. The lowest BCUT2D eigenvalue weighted by molar-refractivity contribution is 1.46. The Hall–Kier alpha value is -0.920. The lowest BCUT2D eigenvalue weighted by Crippen LogP contribution is -1.94. The average molecular weight is 110 g/mol. The molecule has 2 heteroatoms. The van der Waals surface area contributed by atoms with Crippen molar-refractivity contribution in [1.82, 2.24) is 0 Å². The Bertz CT molecular complexity index is 133. The molecule has 0 aromatic rings. The van der Waals surface area contributed by atoms with E-state index < -0.39 is 0 Å². The maximum Gasteiger partial charge on any atom is 0.0367 e. The van der Waals surface area contributed by atoms with Crippen LogP contribution in [-0.2, 0) is 0 Å². The maximum atomic E-state index is 7.03. The minimum Gasteiger partial charge on any atom is -0.308 e. The highest BCUT2D eigenvalue weighted by molar-refractivity contribution is 6.12. The van der Waals surface area contributed by atoms with Gasteiger partial charge >= 0.3 is 0 Å². The molecule has 0 aliphatic heterocycles. The van der Waals surface area contributed by atoms with Crippen molar-refractivity contribution in [2.45, 2.75) is 13.8 Å². The fourth-order valence-corrected chi connectivity index (χ4v) is 0.408. The van der Waals surface area contributed by atoms with Crippen molar-refractivity contribution in [3.05, 3.63) is 11.6 Å². The highest BCUT2D eigenvalue weighted by Gasteiger charge is 1.89. The number of hydrogen-bond donors (Lipinski definition) is 2. The standard InChI is InChI=1S/C6H10N2/c1-3-6(4-7)5(2)8/h3-4,7-8H,1-2H3/b6-3-,7-4?,8-5?. The van der Waals surface area contributed by atoms with Crippen LogP contribution in [0.2, 0.25) is 0 Å². The van der Waals surface area contributed by atoms with E-state index in [0.717, 1.165) is 0 Å². The summed E-state index contributed by atoms with van der Waals surface area (Å²) < 4.78 is 0. The lowest BCUT2D eigenvalue weighted by atomic mass is 10.2. The molecule has 44 valence electrons. The zero-order valence-corrected chi connectivity index (χ0v) is 5.15. The van der Waals surface area contributed by atoms with Crippen molar-refractivity contribution in [2.24, 2.45) is 0 Å². The molecule has 2 nitrogen and oxygen atoms in total. The molecule has 0 radical (unpaired) electrons. The maximum absolute atomic E-state index is 7.03. The third-order valence-electron chi connectivity index (χ3n) is 0.900. The number of nitrogens with one attached hydrogen (secondary N) is 2. The molecule has 0 saturated heterocycles. The van der Waals surface area contributed by atoms with E-state index in [0.29, 0.717) is 11.3 Å². The Morgan fingerprint density at radius 1 is 1.50 bits per heavy atom. The second-order valence-corrected chi connectivity index (χ2v) is 1.51. The molecule has 0 spiro atoms. The minimum absolute atomic E-state index is 0.447. The molecule has 0 rings (SSSR count). The van der Waals surface area contributed by atoms with Crippen molar-refractivity contribution in [3.63, 3.8) is 0 Å². The van der Waals surface area contributed by atoms with Gasteiger partial charge in [-0.25, -0.2) is 0 Å². The molecule has 0 bridgehead atoms. The first-order valence-corrected chi connectivity index (χ1v) is 2.44. The van der Waals surface area contributed by atoms with E-state index in [1.807, 2.05) is 6.92 Å². The third-order valence-corrected chi connectivity index (χ3v) is 0.900. The highest BCUT2D eigenvalue weighted by atomic mass is 14.4. The Kier molecular flexibility index (Phi) is 2.77. The fourth-order valence-electron chi connectivity index (χ4n) is 0.408. The molecule has 0 saturated carbocycles. The van der Waals surface area contributed by atoms with Crippen LogP contribution < -0.4 is 0 Å². The number of rotatable bonds is 2. The first-order valence-electron chi connectivity index (χ1n) is 2.44. The molecule has 0 heterocycles. The van der Waals surface area contributed by atoms with Crippen LogP contribution in [0.4, 0.5) is 0 Å². The molecule has 0 atom stereocenters. The average Bonchev–Trinajstić information content (AvgIpc) is 1.69. The van der Waals surface area contributed by atoms with Crippen molar-refractivity contribution in [3.8, 4) is 0 Å². The molecule has 0 aromatic heterocycles. The highest BCUT2D eigenvalue weighted by Crippen LogP contribution is 1.89. The van der Waals surface area contributed by atoms with Gasteiger partial charge in [0.1, 0.15) is 0 Å². The molecular formula is C6H10N2. The van der Waals surface area contributed by atoms with Crippen molar-refractivity contribution in [2.75, 3.05) is 0 Å². The van der Waals surface area contributed by atoms with E-state index in [1.165, 1.54) is 6.21 Å². The van der Waals surface area contributed by atoms with E-state index >= 15 is 0 Å². The van der Waals surface area contributed by atoms with Gasteiger partial charge in [-0.05, 0) is 13.8 Å². The van der Waals surface area contributed by atoms with Crippen molar-refractivity contribution < 1.29 is 0 Å². The van der Waals surface area contributed by atoms with E-state index in [2.05, 4.69) is 0 Å². The Morgan fingerprint density at radius 3 is 2.00 bits per heavy atom. The quantitative estimate of drug-likeness (QED) is 0.507. The van der Waals surface area contributed by atoms with E-state index in [4.69, 9.17) is 10.8 Å². The molecule has 0 fully saturated rings. The Labute approximate surface area is 49.2 Å². The number of hydrogen-bond acceptors (Lipinski definition) is 2. The molecule has 0 unspecified atom stereocenters. The van der Waals surface area contributed by atoms with Gasteiger partial charge in [-0.15, -0.1) is 0 Å². The molecular weight excluding hydrogens is 100 g/mol. The zero-order valence-electron chi connectivity index (χ0n) is 5.15. The SMILES string of the molecule is C/C=C(/C=N)C(C)=N. The van der Waals surface area contributed by atoms with Gasteiger partial charge < -0.3 is 10.8 Å². The van der Waals surface area contributed by atoms with Crippen molar-refractivity contribution in [1.29, 1.82) is 10.8 Å². The van der Waals surface area contributed by atoms with Gasteiger partial charge in [0.05, 0.1) is 0 Å². The largest absolute Gasteiger partial charge is 0.308 e. The van der Waals surface area contributed by atoms with Gasteiger partial charge in [0.15, 0.2) is 0 Å². The monoisotopic (exact) mass is 110 g/mol. The third kappa shape index (κ3) is 1.69. The first kappa shape index (κ1) is 7.08. The topological polar surface area (TPSA) is 47.7 Å². The zero-order chi connectivity index (χ0) is 6.57. The van der Waals surface area contributed by atoms with Crippen LogP contribution in [0.25, 0.3) is 0 Å². The summed E-state index contributed by atoms with van der Waals surface area (Å²) >= 11 is 0. The second kappa shape index (κ2) is 3.13. The summed E-state index contributed by atoms with van der Waals surface area (Å²) in [6.07, 6.45) is 2.93. The first-order chi connectivity index (χ1) is 3.72. The van der Waals surface area contributed by atoms with Crippen LogP contribution in [0.1, 0.15) is 13.8 Å². The molecule has 0 aliphatic carbocycles. The van der Waals surface area contributed by atoms with Gasteiger partial charge in [0.2, 0.25) is 0 Å². The van der Waals surface area contributed by atoms with E-state index in [-0.39, 0.29) is 0 Å². The van der Waals surface area contributed by atoms with Crippen molar-refractivity contribution >= 4 is 11.9 Å². The fraction of sp³-hybridized carbons (Fsp3) is 0.333. The Morgan fingerprint density at radius 2 is 2.00 bits per heavy atom. The molecule has 0 aliphatic rings. The second-order valence-electron chi connectivity index (χ2n) is 1.51. The van der Waals surface area contributed by atoms with Crippen LogP contribution in [0.3, 0.4) is 0 Å². The molecule has 0 amide bonds. The predicted molar refractivity (Wildman–Crippen MR) is 35.9 cm³/mol. The predicted octanol–water partition coefficient (Wildman–Crippen LogP) is 1.62. The Balaban J connectivity index is 4.13. The molecule has 0 aromatic carbocycles. The summed E-state index contributed by atoms with van der Waals surface area (Å²) in [5.41, 5.74) is 1.13. The summed E-state index contributed by atoms with van der Waals surface area (Å²) in [6, 6.07) is 0. The molecule has 8 heavy (non-hydrogen) atoms. The van der Waals surface area contributed by atoms with Crippen LogP contribution in [0.5, 0.6) is 0 Å². The van der Waals surface area contributed by atoms with Gasteiger partial charge in [-0.2, -0.15) is 0 Å². The summed E-state index contributed by atoms with van der Waals surface area (Å²) in [7, 11) is 0. The van der Waals surface area contributed by atoms with Gasteiger partial charge in [0, 0.05) is 17.5 Å². The smallest absolute Gasteiger partial charge is 0.0367 e. The summed E-state index contributed by atoms with van der Waals surface area (Å²) in [5.74, 6) is 0. The van der Waals surface area contributed by atoms with E-state index in [1.54, 1.807) is 13.0 Å². The normalized spacial score (nSPS) is 11.0. The van der Waals surface area contributed by atoms with Crippen LogP contribution in [0, 0.1) is 10.8 Å². The van der Waals surface area contributed by atoms with Gasteiger partial charge in [0.25, 0.3) is 0 Å². The number of allylic oxidation sites excluding steroid dienone is 2. The summed E-state index contributed by atoms with van der Waals surface area (Å²) in [5, 5.41) is 13.8. The van der Waals surface area contributed by atoms with Gasteiger partial charge in [-0.3, -0.25) is 0 Å². The summed E-state index contributed by atoms with van der Waals surface area (Å²) in [4.78, 5) is 0. The molecule has 2 N–H and O–H groups in total. The van der Waals surface area contributed by atoms with Crippen LogP contribution in [-0.4, -0.2) is 11.9 Å².